The molecule has 0 radical (unpaired) electrons. The summed E-state index contributed by atoms with van der Waals surface area (Å²) in [5, 5.41) is 23.0. The molecule has 57 heavy (non-hydrogen) atoms. The first-order valence-electron chi connectivity index (χ1n) is 24.4. The highest BCUT2D eigenvalue weighted by atomic mass is 16.5. The number of aliphatic hydroxyl groups excluding tert-OH is 2. The van der Waals surface area contributed by atoms with E-state index in [1.165, 1.54) is 135 Å². The van der Waals surface area contributed by atoms with Crippen molar-refractivity contribution in [2.24, 2.45) is 0 Å². The van der Waals surface area contributed by atoms with E-state index in [1.54, 1.807) is 0 Å². The molecule has 1 amide bonds. The van der Waals surface area contributed by atoms with E-state index in [0.717, 1.165) is 64.2 Å². The number of allylic oxidation sites excluding steroid dienone is 8. The van der Waals surface area contributed by atoms with E-state index in [-0.39, 0.29) is 18.5 Å². The molecule has 0 rings (SSSR count). The standard InChI is InChI=1S/C51H93NO5/c1-3-5-7-9-11-13-15-16-17-18-21-25-29-33-37-41-45-51(56)57-46-42-38-34-30-26-22-19-20-24-28-32-36-40-44-50(55)52-48(47-53)49(54)43-39-35-31-27-23-14-12-10-8-6-4-2/h13,15,17-18,20,24,32,36,48-49,53-54H,3-12,14,16,19,21-23,25-31,33-35,37-47H2,1-2H3,(H,52,55)/b15-13-,18-17-,24-20-,36-32-. The van der Waals surface area contributed by atoms with E-state index in [9.17, 15) is 19.8 Å². The number of carbonyl (C=O) groups is 2. The van der Waals surface area contributed by atoms with Crippen molar-refractivity contribution in [3.8, 4) is 0 Å². The van der Waals surface area contributed by atoms with Gasteiger partial charge in [-0.1, -0.05) is 197 Å². The maximum Gasteiger partial charge on any atom is 0.305 e. The van der Waals surface area contributed by atoms with Crippen molar-refractivity contribution in [3.05, 3.63) is 48.6 Å². The summed E-state index contributed by atoms with van der Waals surface area (Å²) < 4.78 is 5.44. The Morgan fingerprint density at radius 3 is 1.39 bits per heavy atom. The molecule has 0 fully saturated rings. The predicted molar refractivity (Wildman–Crippen MR) is 245 cm³/mol. The van der Waals surface area contributed by atoms with Crippen LogP contribution in [0.25, 0.3) is 0 Å². The van der Waals surface area contributed by atoms with Gasteiger partial charge in [0, 0.05) is 12.8 Å². The Kier molecular flexibility index (Phi) is 44.7. The van der Waals surface area contributed by atoms with Crippen LogP contribution in [0.1, 0.15) is 239 Å². The van der Waals surface area contributed by atoms with E-state index >= 15 is 0 Å². The molecule has 0 aromatic heterocycles. The molecule has 0 aromatic carbocycles. The molecule has 3 N–H and O–H groups in total. The summed E-state index contributed by atoms with van der Waals surface area (Å²) >= 11 is 0. The second-order valence-electron chi connectivity index (χ2n) is 16.4. The van der Waals surface area contributed by atoms with Gasteiger partial charge in [-0.15, -0.1) is 0 Å². The topological polar surface area (TPSA) is 95.9 Å². The molecule has 0 saturated carbocycles. The van der Waals surface area contributed by atoms with Gasteiger partial charge in [-0.25, -0.2) is 0 Å². The maximum absolute atomic E-state index is 12.4. The summed E-state index contributed by atoms with van der Waals surface area (Å²) in [5.74, 6) is -0.151. The second kappa shape index (κ2) is 46.5. The molecule has 0 aliphatic heterocycles. The van der Waals surface area contributed by atoms with Gasteiger partial charge in [-0.3, -0.25) is 9.59 Å². The zero-order valence-electron chi connectivity index (χ0n) is 37.6. The van der Waals surface area contributed by atoms with E-state index in [1.807, 2.05) is 6.08 Å². The van der Waals surface area contributed by atoms with Crippen LogP contribution in [0.3, 0.4) is 0 Å². The smallest absolute Gasteiger partial charge is 0.305 e. The fourth-order valence-electron chi connectivity index (χ4n) is 7.07. The van der Waals surface area contributed by atoms with Gasteiger partial charge in [0.15, 0.2) is 0 Å². The summed E-state index contributed by atoms with van der Waals surface area (Å²) in [5.41, 5.74) is 0. The SMILES string of the molecule is CCCCCC/C=C\C/C=C\CCCCCCCC(=O)OCCCCCCCC/C=C\C/C=C\CCC(=O)NC(CO)C(O)CCCCCCCCCCCCC. The van der Waals surface area contributed by atoms with Crippen molar-refractivity contribution < 1.29 is 24.5 Å². The van der Waals surface area contributed by atoms with Crippen molar-refractivity contribution in [1.29, 1.82) is 0 Å². The zero-order chi connectivity index (χ0) is 41.5. The summed E-state index contributed by atoms with van der Waals surface area (Å²) in [6, 6.07) is -0.585. The van der Waals surface area contributed by atoms with Crippen molar-refractivity contribution >= 4 is 11.9 Å². The average Bonchev–Trinajstić information content (AvgIpc) is 3.21. The molecule has 2 atom stereocenters. The number of rotatable bonds is 44. The Hall–Kier alpha value is -2.18. The minimum Gasteiger partial charge on any atom is -0.466 e. The number of hydrogen-bond acceptors (Lipinski definition) is 5. The number of nitrogens with one attached hydrogen (secondary N) is 1. The Balaban J connectivity index is 3.56. The maximum atomic E-state index is 12.4. The average molecular weight is 800 g/mol. The Morgan fingerprint density at radius 1 is 0.491 bits per heavy atom. The molecule has 6 nitrogen and oxygen atoms in total. The Labute approximate surface area is 353 Å². The van der Waals surface area contributed by atoms with Gasteiger partial charge in [0.25, 0.3) is 0 Å². The normalized spacial score (nSPS) is 13.1. The van der Waals surface area contributed by atoms with Gasteiger partial charge in [-0.2, -0.15) is 0 Å². The van der Waals surface area contributed by atoms with Crippen LogP contribution in [-0.2, 0) is 14.3 Å². The monoisotopic (exact) mass is 800 g/mol. The third-order valence-corrected chi connectivity index (χ3v) is 10.9. The first kappa shape index (κ1) is 54.8. The first-order valence-corrected chi connectivity index (χ1v) is 24.4. The molecule has 0 bridgehead atoms. The van der Waals surface area contributed by atoms with Gasteiger partial charge in [0.05, 0.1) is 25.4 Å². The van der Waals surface area contributed by atoms with Crippen molar-refractivity contribution in [1.82, 2.24) is 5.32 Å². The van der Waals surface area contributed by atoms with E-state index in [4.69, 9.17) is 4.74 Å². The number of unbranched alkanes of at least 4 members (excludes halogenated alkanes) is 25. The highest BCUT2D eigenvalue weighted by Gasteiger charge is 2.19. The van der Waals surface area contributed by atoms with Crippen molar-refractivity contribution in [2.45, 2.75) is 251 Å². The van der Waals surface area contributed by atoms with Crippen LogP contribution in [0.2, 0.25) is 0 Å². The van der Waals surface area contributed by atoms with Crippen LogP contribution in [0.15, 0.2) is 48.6 Å². The molecule has 2 unspecified atom stereocenters. The fourth-order valence-corrected chi connectivity index (χ4v) is 7.07. The number of amides is 1. The van der Waals surface area contributed by atoms with Crippen LogP contribution in [0.5, 0.6) is 0 Å². The van der Waals surface area contributed by atoms with Gasteiger partial charge >= 0.3 is 5.97 Å². The molecule has 0 aromatic rings. The van der Waals surface area contributed by atoms with Crippen molar-refractivity contribution in [2.75, 3.05) is 13.2 Å². The highest BCUT2D eigenvalue weighted by Crippen LogP contribution is 2.14. The molecule has 6 heteroatoms. The molecule has 0 spiro atoms. The molecule has 0 heterocycles. The third kappa shape index (κ3) is 43.2. The van der Waals surface area contributed by atoms with Crippen LogP contribution in [0, 0.1) is 0 Å². The van der Waals surface area contributed by atoms with Crippen LogP contribution < -0.4 is 5.32 Å². The number of aliphatic hydroxyl groups is 2. The van der Waals surface area contributed by atoms with Gasteiger partial charge in [0.2, 0.25) is 5.91 Å². The van der Waals surface area contributed by atoms with Crippen LogP contribution in [-0.4, -0.2) is 47.4 Å². The lowest BCUT2D eigenvalue weighted by molar-refractivity contribution is -0.143. The lowest BCUT2D eigenvalue weighted by Gasteiger charge is -2.22. The highest BCUT2D eigenvalue weighted by molar-refractivity contribution is 5.76. The van der Waals surface area contributed by atoms with Crippen LogP contribution in [0.4, 0.5) is 0 Å². The predicted octanol–water partition coefficient (Wildman–Crippen LogP) is 14.3. The summed E-state index contributed by atoms with van der Waals surface area (Å²) in [4.78, 5) is 24.4. The molecule has 332 valence electrons. The first-order chi connectivity index (χ1) is 28.0. The Bertz CT molecular complexity index is 973. The second-order valence-corrected chi connectivity index (χ2v) is 16.4. The number of carbonyl (C=O) groups excluding carboxylic acids is 2. The minimum absolute atomic E-state index is 0.0317. The molecular formula is C51H93NO5. The minimum atomic E-state index is -0.699. The lowest BCUT2D eigenvalue weighted by Crippen LogP contribution is -2.45. The fraction of sp³-hybridized carbons (Fsp3) is 0.804. The van der Waals surface area contributed by atoms with Gasteiger partial charge in [0.1, 0.15) is 0 Å². The summed E-state index contributed by atoms with van der Waals surface area (Å²) in [6.45, 7) is 4.84. The van der Waals surface area contributed by atoms with Crippen molar-refractivity contribution in [3.63, 3.8) is 0 Å². The molecular weight excluding hydrogens is 707 g/mol. The third-order valence-electron chi connectivity index (χ3n) is 10.9. The van der Waals surface area contributed by atoms with E-state index < -0.39 is 12.1 Å². The summed E-state index contributed by atoms with van der Waals surface area (Å²) in [6.07, 6.45) is 56.6. The van der Waals surface area contributed by atoms with Crippen LogP contribution >= 0.6 is 0 Å². The quantitative estimate of drug-likeness (QED) is 0.0324. The van der Waals surface area contributed by atoms with E-state index in [2.05, 4.69) is 61.7 Å². The molecule has 0 aliphatic rings. The number of ether oxygens (including phenoxy) is 1. The Morgan fingerprint density at radius 2 is 0.895 bits per heavy atom. The lowest BCUT2D eigenvalue weighted by atomic mass is 10.0. The summed E-state index contributed by atoms with van der Waals surface area (Å²) in [7, 11) is 0. The number of esters is 1. The zero-order valence-corrected chi connectivity index (χ0v) is 37.6. The van der Waals surface area contributed by atoms with E-state index in [0.29, 0.717) is 32.3 Å². The molecule has 0 saturated heterocycles. The molecule has 0 aliphatic carbocycles. The van der Waals surface area contributed by atoms with Gasteiger partial charge < -0.3 is 20.3 Å². The number of hydrogen-bond donors (Lipinski definition) is 3. The largest absolute Gasteiger partial charge is 0.466 e. The van der Waals surface area contributed by atoms with Gasteiger partial charge in [-0.05, 0) is 77.0 Å².